The maximum absolute atomic E-state index is 6.48. The van der Waals surface area contributed by atoms with Crippen molar-refractivity contribution in [1.29, 1.82) is 0 Å². The molecule has 2 N–H and O–H groups in total. The molecule has 0 radical (unpaired) electrons. The largest absolute Gasteiger partial charge is 0.487 e. The number of hydrogen-bond acceptors (Lipinski definition) is 3. The van der Waals surface area contributed by atoms with Gasteiger partial charge in [0.2, 0.25) is 0 Å². The van der Waals surface area contributed by atoms with Crippen LogP contribution in [-0.4, -0.2) is 29.6 Å². The Morgan fingerprint density at radius 3 is 3.10 bits per heavy atom. The minimum absolute atomic E-state index is 0.0291. The van der Waals surface area contributed by atoms with Crippen LogP contribution in [0.2, 0.25) is 0 Å². The first kappa shape index (κ1) is 13.1. The molecule has 1 aromatic rings. The molecule has 2 unspecified atom stereocenters. The van der Waals surface area contributed by atoms with Crippen molar-refractivity contribution in [2.24, 2.45) is 5.73 Å². The lowest BCUT2D eigenvalue weighted by Crippen LogP contribution is -2.53. The molecule has 3 atom stereocenters. The van der Waals surface area contributed by atoms with Crippen LogP contribution >= 0.6 is 15.9 Å². The minimum atomic E-state index is -0.0291. The zero-order valence-corrected chi connectivity index (χ0v) is 13.2. The molecule has 3 heterocycles. The number of nitrogens with two attached hydrogens (primary N) is 1. The molecule has 20 heavy (non-hydrogen) atoms. The van der Waals surface area contributed by atoms with E-state index in [2.05, 4.69) is 39.0 Å². The molecule has 4 heteroatoms. The summed E-state index contributed by atoms with van der Waals surface area (Å²) in [7, 11) is 0. The number of benzene rings is 1. The Morgan fingerprint density at radius 1 is 1.30 bits per heavy atom. The van der Waals surface area contributed by atoms with Crippen molar-refractivity contribution in [3.63, 3.8) is 0 Å². The molecule has 1 spiro atoms. The van der Waals surface area contributed by atoms with Crippen LogP contribution in [0.25, 0.3) is 0 Å². The highest BCUT2D eigenvalue weighted by Gasteiger charge is 2.46. The molecule has 1 aromatic carbocycles. The first-order valence-corrected chi connectivity index (χ1v) is 8.43. The monoisotopic (exact) mass is 336 g/mol. The van der Waals surface area contributed by atoms with Crippen molar-refractivity contribution in [3.8, 4) is 5.75 Å². The summed E-state index contributed by atoms with van der Waals surface area (Å²) >= 11 is 3.54. The van der Waals surface area contributed by atoms with E-state index in [1.54, 1.807) is 0 Å². The van der Waals surface area contributed by atoms with Crippen LogP contribution in [0, 0.1) is 0 Å². The van der Waals surface area contributed by atoms with Gasteiger partial charge in [0.25, 0.3) is 0 Å². The lowest BCUT2D eigenvalue weighted by atomic mass is 9.78. The molecular weight excluding hydrogens is 316 g/mol. The summed E-state index contributed by atoms with van der Waals surface area (Å²) < 4.78 is 7.55. The highest BCUT2D eigenvalue weighted by atomic mass is 79.9. The lowest BCUT2D eigenvalue weighted by Gasteiger charge is -2.48. The molecule has 2 saturated heterocycles. The highest BCUT2D eigenvalue weighted by Crippen LogP contribution is 2.46. The van der Waals surface area contributed by atoms with E-state index in [4.69, 9.17) is 10.5 Å². The second kappa shape index (κ2) is 4.72. The van der Waals surface area contributed by atoms with Crippen molar-refractivity contribution < 1.29 is 4.74 Å². The molecule has 2 fully saturated rings. The van der Waals surface area contributed by atoms with Gasteiger partial charge in [0.1, 0.15) is 11.4 Å². The van der Waals surface area contributed by atoms with Gasteiger partial charge in [-0.25, -0.2) is 0 Å². The summed E-state index contributed by atoms with van der Waals surface area (Å²) in [5.74, 6) is 0.990. The Balaban J connectivity index is 1.64. The number of ether oxygens (including phenoxy) is 1. The number of fused-ring (bicyclic) bond motifs is 2. The van der Waals surface area contributed by atoms with Crippen molar-refractivity contribution in [2.75, 3.05) is 13.1 Å². The van der Waals surface area contributed by atoms with Crippen LogP contribution in [0.15, 0.2) is 22.7 Å². The zero-order chi connectivity index (χ0) is 13.7. The molecule has 0 aromatic heterocycles. The van der Waals surface area contributed by atoms with Gasteiger partial charge in [-0.15, -0.1) is 0 Å². The van der Waals surface area contributed by atoms with Gasteiger partial charge in [-0.05, 0) is 37.9 Å². The van der Waals surface area contributed by atoms with Crippen LogP contribution in [0.1, 0.15) is 43.7 Å². The van der Waals surface area contributed by atoms with Crippen molar-refractivity contribution >= 4 is 15.9 Å². The molecule has 3 nitrogen and oxygen atoms in total. The third-order valence-corrected chi connectivity index (χ3v) is 5.75. The average Bonchev–Trinajstić information content (AvgIpc) is 2.85. The predicted molar refractivity (Wildman–Crippen MR) is 82.9 cm³/mol. The smallest absolute Gasteiger partial charge is 0.126 e. The second-order valence-corrected chi connectivity index (χ2v) is 7.48. The van der Waals surface area contributed by atoms with Gasteiger partial charge < -0.3 is 15.4 Å². The van der Waals surface area contributed by atoms with E-state index >= 15 is 0 Å². The number of halogens is 1. The Morgan fingerprint density at radius 2 is 2.20 bits per heavy atom. The van der Waals surface area contributed by atoms with Crippen molar-refractivity contribution in [2.45, 2.75) is 49.8 Å². The number of nitrogens with zero attached hydrogens (tertiary/aromatic N) is 1. The van der Waals surface area contributed by atoms with E-state index in [0.29, 0.717) is 6.04 Å². The molecule has 0 bridgehead atoms. The molecule has 3 aliphatic rings. The molecule has 0 saturated carbocycles. The summed E-state index contributed by atoms with van der Waals surface area (Å²) in [6, 6.07) is 7.06. The third-order valence-electron chi connectivity index (χ3n) is 5.25. The topological polar surface area (TPSA) is 38.5 Å². The molecule has 0 aliphatic carbocycles. The lowest BCUT2D eigenvalue weighted by molar-refractivity contribution is -0.0358. The van der Waals surface area contributed by atoms with Crippen LogP contribution in [0.3, 0.4) is 0 Å². The standard InChI is InChI=1S/C16H21BrN2O/c17-11-3-4-13-14(18)10-16(20-15(13)8-11)5-7-19-6-1-2-12(19)9-16/h3-4,8,12,14H,1-2,5-7,9-10,18H2/t12?,14-,16?/m0/s1. The molecule has 0 amide bonds. The van der Waals surface area contributed by atoms with E-state index in [0.717, 1.165) is 35.0 Å². The van der Waals surface area contributed by atoms with Crippen LogP contribution in [0.5, 0.6) is 5.75 Å². The van der Waals surface area contributed by atoms with Gasteiger partial charge in [-0.1, -0.05) is 22.0 Å². The average molecular weight is 337 g/mol. The molecule has 3 aliphatic heterocycles. The number of hydrogen-bond donors (Lipinski definition) is 1. The number of piperidine rings is 1. The first-order valence-electron chi connectivity index (χ1n) is 7.63. The Hall–Kier alpha value is -0.580. The maximum Gasteiger partial charge on any atom is 0.126 e. The fourth-order valence-electron chi connectivity index (χ4n) is 4.27. The second-order valence-electron chi connectivity index (χ2n) is 6.56. The summed E-state index contributed by atoms with van der Waals surface area (Å²) in [5.41, 5.74) is 7.56. The SMILES string of the molecule is N[C@H]1CC2(CCN3CCCC3C2)Oc2cc(Br)ccc21. The molecular formula is C16H21BrN2O. The van der Waals surface area contributed by atoms with E-state index in [1.165, 1.54) is 25.9 Å². The Kier molecular flexibility index (Phi) is 3.09. The Labute approximate surface area is 128 Å². The first-order chi connectivity index (χ1) is 9.65. The normalized spacial score (nSPS) is 36.5. The van der Waals surface area contributed by atoms with Crippen LogP contribution < -0.4 is 10.5 Å². The summed E-state index contributed by atoms with van der Waals surface area (Å²) in [6.07, 6.45) is 5.89. The summed E-state index contributed by atoms with van der Waals surface area (Å²) in [6.45, 7) is 2.44. The fourth-order valence-corrected chi connectivity index (χ4v) is 4.61. The van der Waals surface area contributed by atoms with E-state index in [-0.39, 0.29) is 11.6 Å². The minimum Gasteiger partial charge on any atom is -0.487 e. The third kappa shape index (κ3) is 2.09. The van der Waals surface area contributed by atoms with Crippen molar-refractivity contribution in [3.05, 3.63) is 28.2 Å². The summed E-state index contributed by atoms with van der Waals surface area (Å²) in [5, 5.41) is 0. The van der Waals surface area contributed by atoms with E-state index in [1.807, 2.05) is 0 Å². The fraction of sp³-hybridized carbons (Fsp3) is 0.625. The highest BCUT2D eigenvalue weighted by molar-refractivity contribution is 9.10. The Bertz CT molecular complexity index is 535. The molecule has 4 rings (SSSR count). The van der Waals surface area contributed by atoms with Gasteiger partial charge in [-0.3, -0.25) is 0 Å². The molecule has 108 valence electrons. The van der Waals surface area contributed by atoms with Crippen molar-refractivity contribution in [1.82, 2.24) is 4.90 Å². The maximum atomic E-state index is 6.48. The van der Waals surface area contributed by atoms with Gasteiger partial charge in [0, 0.05) is 41.5 Å². The van der Waals surface area contributed by atoms with E-state index < -0.39 is 0 Å². The van der Waals surface area contributed by atoms with Gasteiger partial charge >= 0.3 is 0 Å². The van der Waals surface area contributed by atoms with Gasteiger partial charge in [0.05, 0.1) is 0 Å². The van der Waals surface area contributed by atoms with Gasteiger partial charge in [-0.2, -0.15) is 0 Å². The van der Waals surface area contributed by atoms with Gasteiger partial charge in [0.15, 0.2) is 0 Å². The van der Waals surface area contributed by atoms with Crippen LogP contribution in [0.4, 0.5) is 0 Å². The number of rotatable bonds is 0. The quantitative estimate of drug-likeness (QED) is 0.790. The van der Waals surface area contributed by atoms with Crippen LogP contribution in [-0.2, 0) is 0 Å². The zero-order valence-electron chi connectivity index (χ0n) is 11.6. The predicted octanol–water partition coefficient (Wildman–Crippen LogP) is 3.23. The van der Waals surface area contributed by atoms with E-state index in [9.17, 15) is 0 Å². The summed E-state index contributed by atoms with van der Waals surface area (Å²) in [4.78, 5) is 2.64.